The summed E-state index contributed by atoms with van der Waals surface area (Å²) in [5, 5.41) is 12.4. The van der Waals surface area contributed by atoms with Crippen molar-refractivity contribution in [3.05, 3.63) is 35.9 Å². The van der Waals surface area contributed by atoms with Gasteiger partial charge in [-0.3, -0.25) is 14.8 Å². The highest BCUT2D eigenvalue weighted by atomic mass is 15.6. The average molecular weight is 327 g/mol. The Kier molecular flexibility index (Phi) is 4.80. The van der Waals surface area contributed by atoms with Crippen molar-refractivity contribution in [3.63, 3.8) is 0 Å². The van der Waals surface area contributed by atoms with Crippen molar-refractivity contribution in [2.75, 3.05) is 26.2 Å². The zero-order valence-electron chi connectivity index (χ0n) is 14.1. The normalized spacial score (nSPS) is 20.7. The number of tetrazole rings is 1. The Labute approximate surface area is 142 Å². The van der Waals surface area contributed by atoms with E-state index in [1.807, 2.05) is 18.5 Å². The van der Waals surface area contributed by atoms with Crippen LogP contribution in [0.5, 0.6) is 0 Å². The lowest BCUT2D eigenvalue weighted by Gasteiger charge is -2.34. The second-order valence-corrected chi connectivity index (χ2v) is 6.89. The van der Waals surface area contributed by atoms with E-state index in [-0.39, 0.29) is 0 Å². The van der Waals surface area contributed by atoms with Gasteiger partial charge in [0, 0.05) is 45.1 Å². The molecule has 0 unspecified atom stereocenters. The fourth-order valence-corrected chi connectivity index (χ4v) is 3.80. The fourth-order valence-electron chi connectivity index (χ4n) is 3.80. The number of aromatic nitrogens is 5. The van der Waals surface area contributed by atoms with Gasteiger partial charge in [0.2, 0.25) is 0 Å². The molecule has 2 aliphatic rings. The molecule has 0 aromatic carbocycles. The number of nitrogens with zero attached hydrogens (tertiary/aromatic N) is 7. The highest BCUT2D eigenvalue weighted by Gasteiger charge is 2.24. The maximum Gasteiger partial charge on any atom is 0.165 e. The van der Waals surface area contributed by atoms with E-state index in [0.29, 0.717) is 6.04 Å². The number of hydrogen-bond acceptors (Lipinski definition) is 6. The van der Waals surface area contributed by atoms with E-state index in [4.69, 9.17) is 0 Å². The van der Waals surface area contributed by atoms with Crippen molar-refractivity contribution in [1.29, 1.82) is 0 Å². The Morgan fingerprint density at radius 3 is 2.46 bits per heavy atom. The van der Waals surface area contributed by atoms with Gasteiger partial charge in [-0.25, -0.2) is 4.68 Å². The van der Waals surface area contributed by atoms with Gasteiger partial charge in [-0.05, 0) is 34.9 Å². The Bertz CT molecular complexity index is 627. The van der Waals surface area contributed by atoms with Crippen LogP contribution in [0.25, 0.3) is 0 Å². The molecule has 2 aromatic heterocycles. The minimum absolute atomic E-state index is 0.516. The Morgan fingerprint density at radius 2 is 1.75 bits per heavy atom. The van der Waals surface area contributed by atoms with Gasteiger partial charge < -0.3 is 0 Å². The first kappa shape index (κ1) is 15.7. The fraction of sp³-hybridized carbons (Fsp3) is 0.647. The Balaban J connectivity index is 1.30. The molecule has 0 bridgehead atoms. The quantitative estimate of drug-likeness (QED) is 0.829. The van der Waals surface area contributed by atoms with Crippen LogP contribution in [-0.4, -0.2) is 61.2 Å². The van der Waals surface area contributed by atoms with E-state index in [2.05, 4.69) is 41.1 Å². The summed E-state index contributed by atoms with van der Waals surface area (Å²) in [6.07, 6.45) is 8.83. The molecule has 1 aliphatic carbocycles. The molecule has 0 spiro atoms. The molecule has 2 fully saturated rings. The van der Waals surface area contributed by atoms with E-state index < -0.39 is 0 Å². The summed E-state index contributed by atoms with van der Waals surface area (Å²) in [7, 11) is 0. The highest BCUT2D eigenvalue weighted by Crippen LogP contribution is 2.29. The second kappa shape index (κ2) is 7.36. The van der Waals surface area contributed by atoms with Crippen LogP contribution in [0.15, 0.2) is 24.5 Å². The number of pyridine rings is 1. The van der Waals surface area contributed by atoms with Gasteiger partial charge in [-0.2, -0.15) is 0 Å². The minimum atomic E-state index is 0.516. The van der Waals surface area contributed by atoms with E-state index >= 15 is 0 Å². The zero-order chi connectivity index (χ0) is 16.2. The van der Waals surface area contributed by atoms with E-state index in [1.165, 1.54) is 31.2 Å². The molecule has 1 aliphatic heterocycles. The molecule has 1 saturated heterocycles. The van der Waals surface area contributed by atoms with Gasteiger partial charge in [-0.15, -0.1) is 5.10 Å². The van der Waals surface area contributed by atoms with Crippen molar-refractivity contribution in [3.8, 4) is 0 Å². The molecule has 0 radical (unpaired) electrons. The van der Waals surface area contributed by atoms with Crippen LogP contribution in [0.4, 0.5) is 0 Å². The molecule has 7 nitrogen and oxygen atoms in total. The van der Waals surface area contributed by atoms with Crippen molar-refractivity contribution in [2.45, 2.75) is 44.8 Å². The lowest BCUT2D eigenvalue weighted by molar-refractivity contribution is 0.118. The molecular weight excluding hydrogens is 302 g/mol. The van der Waals surface area contributed by atoms with E-state index in [1.54, 1.807) is 0 Å². The third kappa shape index (κ3) is 3.62. The van der Waals surface area contributed by atoms with Gasteiger partial charge in [0.25, 0.3) is 0 Å². The molecule has 4 rings (SSSR count). The van der Waals surface area contributed by atoms with Crippen molar-refractivity contribution in [1.82, 2.24) is 35.0 Å². The molecule has 128 valence electrons. The predicted octanol–water partition coefficient (Wildman–Crippen LogP) is 1.50. The van der Waals surface area contributed by atoms with Crippen LogP contribution in [0.2, 0.25) is 0 Å². The van der Waals surface area contributed by atoms with Crippen LogP contribution in [0.1, 0.15) is 43.1 Å². The molecule has 1 saturated carbocycles. The molecule has 0 amide bonds. The lowest BCUT2D eigenvalue weighted by Crippen LogP contribution is -2.45. The van der Waals surface area contributed by atoms with Crippen LogP contribution in [-0.2, 0) is 13.1 Å². The predicted molar refractivity (Wildman–Crippen MR) is 90.1 cm³/mol. The lowest BCUT2D eigenvalue weighted by atomic mass is 10.2. The van der Waals surface area contributed by atoms with Gasteiger partial charge >= 0.3 is 0 Å². The summed E-state index contributed by atoms with van der Waals surface area (Å²) in [4.78, 5) is 9.16. The van der Waals surface area contributed by atoms with Crippen LogP contribution in [0, 0.1) is 0 Å². The van der Waals surface area contributed by atoms with Crippen molar-refractivity contribution < 1.29 is 0 Å². The van der Waals surface area contributed by atoms with Crippen LogP contribution in [0.3, 0.4) is 0 Å². The van der Waals surface area contributed by atoms with Gasteiger partial charge in [0.05, 0.1) is 12.6 Å². The van der Waals surface area contributed by atoms with Crippen LogP contribution < -0.4 is 0 Å². The summed E-state index contributed by atoms with van der Waals surface area (Å²) in [6.45, 7) is 6.15. The molecule has 3 heterocycles. The van der Waals surface area contributed by atoms with E-state index in [0.717, 1.165) is 45.1 Å². The Morgan fingerprint density at radius 1 is 1.00 bits per heavy atom. The molecule has 0 N–H and O–H groups in total. The smallest absolute Gasteiger partial charge is 0.165 e. The van der Waals surface area contributed by atoms with Crippen LogP contribution >= 0.6 is 0 Å². The second-order valence-electron chi connectivity index (χ2n) is 6.89. The summed E-state index contributed by atoms with van der Waals surface area (Å²) >= 11 is 0. The Hall–Kier alpha value is -1.86. The molecule has 24 heavy (non-hydrogen) atoms. The summed E-state index contributed by atoms with van der Waals surface area (Å²) < 4.78 is 2.08. The summed E-state index contributed by atoms with van der Waals surface area (Å²) in [5.74, 6) is 1.03. The van der Waals surface area contributed by atoms with E-state index in [9.17, 15) is 0 Å². The minimum Gasteiger partial charge on any atom is -0.296 e. The average Bonchev–Trinajstić information content (AvgIpc) is 3.29. The molecule has 0 atom stereocenters. The molecule has 7 heteroatoms. The molecule has 2 aromatic rings. The van der Waals surface area contributed by atoms with Crippen molar-refractivity contribution in [2.24, 2.45) is 0 Å². The van der Waals surface area contributed by atoms with Gasteiger partial charge in [-0.1, -0.05) is 18.9 Å². The standard InChI is InChI=1S/C17H25N7/c1-2-6-16(5-1)24-17(19-20-21-24)14-23-10-8-22(9-11-23)13-15-4-3-7-18-12-15/h3-4,7,12,16H,1-2,5-6,8-11,13-14H2. The number of piperazine rings is 1. The third-order valence-electron chi connectivity index (χ3n) is 5.19. The SMILES string of the molecule is c1cncc(CN2CCN(Cc3nnnn3C3CCCC3)CC2)c1. The third-order valence-corrected chi connectivity index (χ3v) is 5.19. The van der Waals surface area contributed by atoms with Gasteiger partial charge in [0.15, 0.2) is 5.82 Å². The number of rotatable bonds is 5. The monoisotopic (exact) mass is 327 g/mol. The van der Waals surface area contributed by atoms with Gasteiger partial charge in [0.1, 0.15) is 0 Å². The zero-order valence-corrected chi connectivity index (χ0v) is 14.1. The topological polar surface area (TPSA) is 63.0 Å². The maximum absolute atomic E-state index is 4.28. The summed E-state index contributed by atoms with van der Waals surface area (Å²) in [5.41, 5.74) is 1.29. The molecular formula is C17H25N7. The maximum atomic E-state index is 4.28. The first-order valence-corrected chi connectivity index (χ1v) is 8.99. The highest BCUT2D eigenvalue weighted by molar-refractivity contribution is 5.08. The first-order valence-electron chi connectivity index (χ1n) is 8.99. The van der Waals surface area contributed by atoms with Crippen molar-refractivity contribution >= 4 is 0 Å². The first-order chi connectivity index (χ1) is 11.9. The number of hydrogen-bond donors (Lipinski definition) is 0. The largest absolute Gasteiger partial charge is 0.296 e. The summed E-state index contributed by atoms with van der Waals surface area (Å²) in [6, 6.07) is 4.67.